The van der Waals surface area contributed by atoms with Crippen molar-refractivity contribution in [3.05, 3.63) is 89.3 Å². The van der Waals surface area contributed by atoms with Crippen LogP contribution in [0, 0.1) is 25.3 Å². The molecule has 0 amide bonds. The topological polar surface area (TPSA) is 50.2 Å². The molecule has 0 aliphatic rings. The third-order valence-electron chi connectivity index (χ3n) is 6.11. The molecule has 1 aromatic heterocycles. The Morgan fingerprint density at radius 3 is 2.16 bits per heavy atom. The predicted molar refractivity (Wildman–Crippen MR) is 144 cm³/mol. The number of alkyl halides is 3. The molecule has 0 fully saturated rings. The van der Waals surface area contributed by atoms with E-state index in [4.69, 9.17) is 5.11 Å². The van der Waals surface area contributed by atoms with Gasteiger partial charge in [-0.3, -0.25) is 4.79 Å². The van der Waals surface area contributed by atoms with Crippen LogP contribution in [0.5, 0.6) is 0 Å². The maximum atomic E-state index is 13.5. The number of carbonyl (C=O) groups is 1. The summed E-state index contributed by atoms with van der Waals surface area (Å²) >= 11 is 0. The average Bonchev–Trinajstić information content (AvgIpc) is 2.76. The minimum atomic E-state index is -4.26. The molecule has 4 rings (SSSR count). The van der Waals surface area contributed by atoms with E-state index in [1.54, 1.807) is 12.3 Å². The number of pyridine rings is 1. The summed E-state index contributed by atoms with van der Waals surface area (Å²) in [5, 5.41) is 12.1. The second-order valence-corrected chi connectivity index (χ2v) is 10.0. The van der Waals surface area contributed by atoms with Crippen molar-refractivity contribution in [1.82, 2.24) is 4.98 Å². The molecular formula is C31H31F3IrNO2-. The SMILES string of the molecule is CC(=O)/C=C(/C)O.Cc1[c-]c(-c2nccc3c2ccc2c(CC(C)(C)C(F)(F)F)cccc23)cc(C)c1.[Ir]. The molecule has 203 valence electrons. The average molecular weight is 699 g/mol. The number of carbonyl (C=O) groups excluding carboxylic acids is 1. The Morgan fingerprint density at radius 2 is 1.61 bits per heavy atom. The van der Waals surface area contributed by atoms with E-state index in [2.05, 4.69) is 23.2 Å². The molecule has 1 N–H and O–H groups in total. The Morgan fingerprint density at radius 1 is 0.974 bits per heavy atom. The van der Waals surface area contributed by atoms with E-state index in [-0.39, 0.29) is 38.1 Å². The molecule has 0 unspecified atom stereocenters. The molecule has 0 saturated heterocycles. The van der Waals surface area contributed by atoms with Crippen molar-refractivity contribution in [2.24, 2.45) is 5.41 Å². The van der Waals surface area contributed by atoms with E-state index in [0.29, 0.717) is 5.56 Å². The van der Waals surface area contributed by atoms with Crippen LogP contribution in [-0.2, 0) is 31.3 Å². The molecule has 0 aliphatic heterocycles. The number of aliphatic hydroxyl groups is 1. The molecule has 3 nitrogen and oxygen atoms in total. The monoisotopic (exact) mass is 699 g/mol. The van der Waals surface area contributed by atoms with Gasteiger partial charge in [0.25, 0.3) is 0 Å². The zero-order chi connectivity index (χ0) is 27.5. The summed E-state index contributed by atoms with van der Waals surface area (Å²) in [7, 11) is 0. The fourth-order valence-corrected chi connectivity index (χ4v) is 4.35. The Hall–Kier alpha value is -3.02. The van der Waals surface area contributed by atoms with Crippen LogP contribution < -0.4 is 0 Å². The number of halogens is 3. The fraction of sp³-hybridized carbons (Fsp3) is 0.290. The van der Waals surface area contributed by atoms with Crippen molar-refractivity contribution >= 4 is 27.3 Å². The van der Waals surface area contributed by atoms with Crippen LogP contribution in [0.4, 0.5) is 13.2 Å². The normalized spacial score (nSPS) is 12.1. The van der Waals surface area contributed by atoms with Crippen molar-refractivity contribution in [2.75, 3.05) is 0 Å². The number of ketones is 1. The number of rotatable bonds is 4. The molecule has 0 atom stereocenters. The third-order valence-corrected chi connectivity index (χ3v) is 6.11. The maximum absolute atomic E-state index is 13.5. The van der Waals surface area contributed by atoms with E-state index in [1.165, 1.54) is 33.8 Å². The first-order valence-corrected chi connectivity index (χ1v) is 11.9. The first-order chi connectivity index (χ1) is 17.2. The molecule has 38 heavy (non-hydrogen) atoms. The minimum absolute atomic E-state index is 0. The summed E-state index contributed by atoms with van der Waals surface area (Å²) in [5.41, 5.74) is 2.84. The molecule has 1 heterocycles. The van der Waals surface area contributed by atoms with Gasteiger partial charge >= 0.3 is 6.18 Å². The van der Waals surface area contributed by atoms with Crippen LogP contribution >= 0.6 is 0 Å². The van der Waals surface area contributed by atoms with Gasteiger partial charge in [0.1, 0.15) is 0 Å². The summed E-state index contributed by atoms with van der Waals surface area (Å²) in [4.78, 5) is 14.6. The molecule has 1 radical (unpaired) electrons. The maximum Gasteiger partial charge on any atom is 0.394 e. The zero-order valence-electron chi connectivity index (χ0n) is 22.3. The Bertz CT molecular complexity index is 1470. The van der Waals surface area contributed by atoms with Crippen molar-refractivity contribution in [1.29, 1.82) is 0 Å². The molecule has 7 heteroatoms. The quantitative estimate of drug-likeness (QED) is 0.101. The van der Waals surface area contributed by atoms with Crippen molar-refractivity contribution in [2.45, 2.75) is 54.1 Å². The Labute approximate surface area is 235 Å². The van der Waals surface area contributed by atoms with Crippen LogP contribution in [0.25, 0.3) is 32.8 Å². The fourth-order valence-electron chi connectivity index (χ4n) is 4.35. The van der Waals surface area contributed by atoms with Gasteiger partial charge in [0.15, 0.2) is 5.78 Å². The van der Waals surface area contributed by atoms with Crippen molar-refractivity contribution in [3.8, 4) is 11.3 Å². The van der Waals surface area contributed by atoms with Gasteiger partial charge in [-0.05, 0) is 59.1 Å². The molecule has 3 aromatic carbocycles. The molecule has 0 aliphatic carbocycles. The van der Waals surface area contributed by atoms with Gasteiger partial charge in [-0.25, -0.2) is 0 Å². The van der Waals surface area contributed by atoms with E-state index < -0.39 is 11.6 Å². The van der Waals surface area contributed by atoms with E-state index >= 15 is 0 Å². The summed E-state index contributed by atoms with van der Waals surface area (Å²) in [6, 6.07) is 18.9. The van der Waals surface area contributed by atoms with Crippen molar-refractivity contribution < 1.29 is 43.2 Å². The first-order valence-electron chi connectivity index (χ1n) is 11.9. The smallest absolute Gasteiger partial charge is 0.394 e. The first kappa shape index (κ1) is 31.2. The van der Waals surface area contributed by atoms with Gasteiger partial charge < -0.3 is 10.1 Å². The minimum Gasteiger partial charge on any atom is -0.512 e. The summed E-state index contributed by atoms with van der Waals surface area (Å²) < 4.78 is 40.4. The predicted octanol–water partition coefficient (Wildman–Crippen LogP) is 8.64. The zero-order valence-corrected chi connectivity index (χ0v) is 24.6. The summed E-state index contributed by atoms with van der Waals surface area (Å²) in [5.74, 6) is -0.0625. The van der Waals surface area contributed by atoms with E-state index in [1.807, 2.05) is 44.2 Å². The number of hydrogen-bond acceptors (Lipinski definition) is 3. The van der Waals surface area contributed by atoms with Gasteiger partial charge in [-0.15, -0.1) is 34.9 Å². The van der Waals surface area contributed by atoms with Crippen LogP contribution in [-0.4, -0.2) is 22.1 Å². The van der Waals surface area contributed by atoms with Gasteiger partial charge in [-0.2, -0.15) is 13.2 Å². The standard InChI is InChI=1S/C26H23F3N.C5H8O2.Ir/c1-16-12-17(2)14-19(13-16)24-23-9-8-20-18(15-25(3,4)26(27,28)29)6-5-7-21(20)22(23)10-11-30-24;1-4(6)3-5(2)7;/h5-13H,15H2,1-4H3;3,6H,1-2H3;/q-1;;/b;4-3-;. The van der Waals surface area contributed by atoms with Crippen LogP contribution in [0.15, 0.2) is 66.6 Å². The Balaban J connectivity index is 0.000000561. The van der Waals surface area contributed by atoms with Crippen molar-refractivity contribution in [3.63, 3.8) is 0 Å². The van der Waals surface area contributed by atoms with Gasteiger partial charge in [0, 0.05) is 32.4 Å². The van der Waals surface area contributed by atoms with Crippen LogP contribution in [0.2, 0.25) is 0 Å². The number of hydrogen-bond donors (Lipinski definition) is 1. The largest absolute Gasteiger partial charge is 0.512 e. The van der Waals surface area contributed by atoms with Gasteiger partial charge in [-0.1, -0.05) is 58.0 Å². The molecule has 0 saturated carbocycles. The Kier molecular flexibility index (Phi) is 10.0. The van der Waals surface area contributed by atoms with E-state index in [9.17, 15) is 18.0 Å². The number of benzene rings is 3. The van der Waals surface area contributed by atoms with Crippen LogP contribution in [0.1, 0.15) is 44.4 Å². The molecular weight excluding hydrogens is 668 g/mol. The molecule has 0 spiro atoms. The van der Waals surface area contributed by atoms with Gasteiger partial charge in [0.05, 0.1) is 11.2 Å². The number of aromatic nitrogens is 1. The molecule has 0 bridgehead atoms. The number of allylic oxidation sites excluding steroid dienone is 2. The molecule has 4 aromatic rings. The third kappa shape index (κ3) is 7.30. The van der Waals surface area contributed by atoms with Gasteiger partial charge in [0.2, 0.25) is 0 Å². The summed E-state index contributed by atoms with van der Waals surface area (Å²) in [6.45, 7) is 9.40. The second-order valence-electron chi connectivity index (χ2n) is 10.0. The second kappa shape index (κ2) is 12.2. The summed E-state index contributed by atoms with van der Waals surface area (Å²) in [6.07, 6.45) is -1.40. The van der Waals surface area contributed by atoms with Crippen LogP contribution in [0.3, 0.4) is 0 Å². The number of nitrogens with zero attached hydrogens (tertiary/aromatic N) is 1. The number of aliphatic hydroxyl groups excluding tert-OH is 1. The van der Waals surface area contributed by atoms with E-state index in [0.717, 1.165) is 43.9 Å². The number of aryl methyl sites for hydroxylation is 2. The number of fused-ring (bicyclic) bond motifs is 3.